The van der Waals surface area contributed by atoms with E-state index in [4.69, 9.17) is 0 Å². The van der Waals surface area contributed by atoms with Crippen molar-refractivity contribution in [3.8, 4) is 0 Å². The summed E-state index contributed by atoms with van der Waals surface area (Å²) in [5.74, 6) is -1.44. The predicted molar refractivity (Wildman–Crippen MR) is 69.5 cm³/mol. The number of hydrogen-bond acceptors (Lipinski definition) is 1. The largest absolute Gasteiger partial charge is 0.314 e. The van der Waals surface area contributed by atoms with E-state index in [0.717, 1.165) is 13.0 Å². The Bertz CT molecular complexity index is 411. The van der Waals surface area contributed by atoms with Crippen molar-refractivity contribution >= 4 is 0 Å². The van der Waals surface area contributed by atoms with Crippen molar-refractivity contribution < 1.29 is 8.78 Å². The molecule has 100 valence electrons. The average Bonchev–Trinajstić information content (AvgIpc) is 3.08. The third-order valence-corrected chi connectivity index (χ3v) is 3.51. The maximum atomic E-state index is 13.6. The van der Waals surface area contributed by atoms with Gasteiger partial charge in [-0.15, -0.1) is 0 Å². The average molecular weight is 253 g/mol. The van der Waals surface area contributed by atoms with Crippen molar-refractivity contribution in [3.05, 3.63) is 35.4 Å². The van der Waals surface area contributed by atoms with Crippen LogP contribution in [0.1, 0.15) is 38.7 Å². The van der Waals surface area contributed by atoms with Gasteiger partial charge >= 0.3 is 0 Å². The van der Waals surface area contributed by atoms with E-state index in [2.05, 4.69) is 19.2 Å². The minimum absolute atomic E-state index is 0.0173. The highest BCUT2D eigenvalue weighted by molar-refractivity contribution is 5.20. The van der Waals surface area contributed by atoms with E-state index in [9.17, 15) is 8.78 Å². The highest BCUT2D eigenvalue weighted by Gasteiger charge is 2.24. The van der Waals surface area contributed by atoms with Gasteiger partial charge in [-0.3, -0.25) is 0 Å². The van der Waals surface area contributed by atoms with Crippen LogP contribution in [0.2, 0.25) is 0 Å². The predicted octanol–water partition coefficient (Wildman–Crippen LogP) is 3.68. The van der Waals surface area contributed by atoms with Gasteiger partial charge in [0.2, 0.25) is 0 Å². The molecule has 0 atom stereocenters. The Morgan fingerprint density at radius 1 is 1.28 bits per heavy atom. The lowest BCUT2D eigenvalue weighted by molar-refractivity contribution is 0.318. The van der Waals surface area contributed by atoms with Gasteiger partial charge < -0.3 is 5.32 Å². The highest BCUT2D eigenvalue weighted by Crippen LogP contribution is 2.28. The quantitative estimate of drug-likeness (QED) is 0.815. The first-order valence-electron chi connectivity index (χ1n) is 6.64. The van der Waals surface area contributed by atoms with Crippen molar-refractivity contribution in [2.45, 2.75) is 45.6 Å². The third-order valence-electron chi connectivity index (χ3n) is 3.51. The third kappa shape index (κ3) is 3.77. The Kier molecular flexibility index (Phi) is 4.00. The summed E-state index contributed by atoms with van der Waals surface area (Å²) in [6.45, 7) is 5.16. The standard InChI is InChI=1S/C15H21F2N/c1-15(2,8-9-18-12-6-7-12)10-11-4-3-5-13(16)14(11)17/h3-5,12,18H,6-10H2,1-2H3. The van der Waals surface area contributed by atoms with Crippen LogP contribution >= 0.6 is 0 Å². The van der Waals surface area contributed by atoms with Gasteiger partial charge in [-0.05, 0) is 49.3 Å². The van der Waals surface area contributed by atoms with E-state index in [1.165, 1.54) is 18.9 Å². The molecule has 1 aromatic carbocycles. The zero-order chi connectivity index (χ0) is 13.2. The molecule has 3 heteroatoms. The van der Waals surface area contributed by atoms with Crippen LogP contribution in [0, 0.1) is 17.0 Å². The lowest BCUT2D eigenvalue weighted by Gasteiger charge is -2.25. The fourth-order valence-corrected chi connectivity index (χ4v) is 2.19. The summed E-state index contributed by atoms with van der Waals surface area (Å²) in [6.07, 6.45) is 4.10. The van der Waals surface area contributed by atoms with Crippen LogP contribution in [-0.2, 0) is 6.42 Å². The van der Waals surface area contributed by atoms with Crippen molar-refractivity contribution in [1.29, 1.82) is 0 Å². The summed E-state index contributed by atoms with van der Waals surface area (Å²) in [5, 5.41) is 3.46. The summed E-state index contributed by atoms with van der Waals surface area (Å²) in [6, 6.07) is 5.12. The van der Waals surface area contributed by atoms with Crippen molar-refractivity contribution in [2.24, 2.45) is 5.41 Å². The van der Waals surface area contributed by atoms with E-state index in [1.807, 2.05) is 0 Å². The molecular formula is C15H21F2N. The van der Waals surface area contributed by atoms with Gasteiger partial charge in [-0.1, -0.05) is 26.0 Å². The Balaban J connectivity index is 1.90. The van der Waals surface area contributed by atoms with E-state index in [1.54, 1.807) is 12.1 Å². The van der Waals surface area contributed by atoms with Crippen LogP contribution in [0.3, 0.4) is 0 Å². The first-order valence-corrected chi connectivity index (χ1v) is 6.64. The number of rotatable bonds is 6. The Labute approximate surface area is 108 Å². The second-order valence-electron chi connectivity index (χ2n) is 6.03. The number of halogens is 2. The van der Waals surface area contributed by atoms with Crippen molar-refractivity contribution in [2.75, 3.05) is 6.54 Å². The minimum Gasteiger partial charge on any atom is -0.314 e. The van der Waals surface area contributed by atoms with Gasteiger partial charge in [-0.2, -0.15) is 0 Å². The summed E-state index contributed by atoms with van der Waals surface area (Å²) in [4.78, 5) is 0. The molecule has 0 heterocycles. The number of nitrogens with one attached hydrogen (secondary N) is 1. The molecule has 1 nitrogen and oxygen atoms in total. The van der Waals surface area contributed by atoms with E-state index < -0.39 is 11.6 Å². The van der Waals surface area contributed by atoms with Gasteiger partial charge in [-0.25, -0.2) is 8.78 Å². The number of hydrogen-bond donors (Lipinski definition) is 1. The molecule has 18 heavy (non-hydrogen) atoms. The van der Waals surface area contributed by atoms with E-state index >= 15 is 0 Å². The van der Waals surface area contributed by atoms with Gasteiger partial charge in [0, 0.05) is 6.04 Å². The summed E-state index contributed by atoms with van der Waals surface area (Å²) in [5.41, 5.74) is 0.461. The van der Waals surface area contributed by atoms with Crippen LogP contribution in [0.25, 0.3) is 0 Å². The second kappa shape index (κ2) is 5.35. The van der Waals surface area contributed by atoms with E-state index in [0.29, 0.717) is 18.0 Å². The molecule has 0 radical (unpaired) electrons. The molecule has 0 bridgehead atoms. The zero-order valence-corrected chi connectivity index (χ0v) is 11.1. The fraction of sp³-hybridized carbons (Fsp3) is 0.600. The lowest BCUT2D eigenvalue weighted by atomic mass is 9.82. The second-order valence-corrected chi connectivity index (χ2v) is 6.03. The van der Waals surface area contributed by atoms with E-state index in [-0.39, 0.29) is 5.41 Å². The molecule has 1 fully saturated rings. The summed E-state index contributed by atoms with van der Waals surface area (Å²) < 4.78 is 26.7. The van der Waals surface area contributed by atoms with Crippen LogP contribution in [0.15, 0.2) is 18.2 Å². The molecule has 0 unspecified atom stereocenters. The van der Waals surface area contributed by atoms with Crippen LogP contribution in [-0.4, -0.2) is 12.6 Å². The highest BCUT2D eigenvalue weighted by atomic mass is 19.2. The molecule has 1 aromatic rings. The molecule has 1 aliphatic carbocycles. The first kappa shape index (κ1) is 13.5. The molecule has 1 saturated carbocycles. The maximum absolute atomic E-state index is 13.6. The first-order chi connectivity index (χ1) is 8.48. The van der Waals surface area contributed by atoms with Gasteiger partial charge in [0.25, 0.3) is 0 Å². The van der Waals surface area contributed by atoms with Gasteiger partial charge in [0.15, 0.2) is 11.6 Å². The fourth-order valence-electron chi connectivity index (χ4n) is 2.19. The molecule has 1 N–H and O–H groups in total. The topological polar surface area (TPSA) is 12.0 Å². The lowest BCUT2D eigenvalue weighted by Crippen LogP contribution is -2.25. The zero-order valence-electron chi connectivity index (χ0n) is 11.1. The van der Waals surface area contributed by atoms with Crippen LogP contribution in [0.4, 0.5) is 8.78 Å². The number of benzene rings is 1. The van der Waals surface area contributed by atoms with Crippen molar-refractivity contribution in [3.63, 3.8) is 0 Å². The maximum Gasteiger partial charge on any atom is 0.162 e. The molecular weight excluding hydrogens is 232 g/mol. The monoisotopic (exact) mass is 253 g/mol. The molecule has 2 rings (SSSR count). The summed E-state index contributed by atoms with van der Waals surface area (Å²) in [7, 11) is 0. The molecule has 0 amide bonds. The van der Waals surface area contributed by atoms with Crippen LogP contribution in [0.5, 0.6) is 0 Å². The van der Waals surface area contributed by atoms with Crippen LogP contribution < -0.4 is 5.32 Å². The van der Waals surface area contributed by atoms with Gasteiger partial charge in [0.05, 0.1) is 0 Å². The Morgan fingerprint density at radius 2 is 2.00 bits per heavy atom. The smallest absolute Gasteiger partial charge is 0.162 e. The molecule has 0 saturated heterocycles. The SMILES string of the molecule is CC(C)(CCNC1CC1)Cc1cccc(F)c1F. The van der Waals surface area contributed by atoms with Gasteiger partial charge in [0.1, 0.15) is 0 Å². The molecule has 0 aliphatic heterocycles. The minimum atomic E-state index is -0.751. The molecule has 1 aliphatic rings. The Hall–Kier alpha value is -0.960. The van der Waals surface area contributed by atoms with Crippen molar-refractivity contribution in [1.82, 2.24) is 5.32 Å². The summed E-state index contributed by atoms with van der Waals surface area (Å²) >= 11 is 0. The molecule has 0 spiro atoms. The normalized spacial score (nSPS) is 16.0. The Morgan fingerprint density at radius 3 is 2.67 bits per heavy atom. The molecule has 0 aromatic heterocycles.